The Morgan fingerprint density at radius 2 is 1.50 bits per heavy atom. The van der Waals surface area contributed by atoms with Crippen molar-refractivity contribution >= 4 is 23.6 Å². The highest BCUT2D eigenvalue weighted by Gasteiger charge is 2.18. The summed E-state index contributed by atoms with van der Waals surface area (Å²) in [4.78, 5) is 26.9. The fraction of sp³-hybridized carbons (Fsp3) is 0.0857. The second-order valence-corrected chi connectivity index (χ2v) is 9.66. The number of hydrogen-bond acceptors (Lipinski definition) is 6. The highest BCUT2D eigenvalue weighted by atomic mass is 16.5. The summed E-state index contributed by atoms with van der Waals surface area (Å²) in [5, 5.41) is 11.9. The summed E-state index contributed by atoms with van der Waals surface area (Å²) in [6.45, 7) is 1.74. The van der Waals surface area contributed by atoms with Crippen molar-refractivity contribution < 1.29 is 19.1 Å². The largest absolute Gasteiger partial charge is 0.497 e. The second kappa shape index (κ2) is 13.8. The van der Waals surface area contributed by atoms with Gasteiger partial charge in [-0.3, -0.25) is 9.59 Å². The molecular weight excluding hydrogens is 554 g/mol. The summed E-state index contributed by atoms with van der Waals surface area (Å²) < 4.78 is 12.5. The van der Waals surface area contributed by atoms with Crippen LogP contribution in [0.15, 0.2) is 126 Å². The summed E-state index contributed by atoms with van der Waals surface area (Å²) in [5.74, 6) is 0.109. The third kappa shape index (κ3) is 6.91. The van der Waals surface area contributed by atoms with Gasteiger partial charge in [-0.1, -0.05) is 66.7 Å². The number of hydrogen-bond donors (Lipinski definition) is 2. The predicted molar refractivity (Wildman–Crippen MR) is 171 cm³/mol. The molecule has 0 unspecified atom stereocenters. The highest BCUT2D eigenvalue weighted by Crippen LogP contribution is 2.26. The van der Waals surface area contributed by atoms with Crippen LogP contribution in [0.4, 0.5) is 0 Å². The number of carbonyl (C=O) groups is 2. The lowest BCUT2D eigenvalue weighted by molar-refractivity contribution is -0.117. The molecule has 5 aromatic rings. The zero-order valence-electron chi connectivity index (χ0n) is 24.5. The Balaban J connectivity index is 1.55. The first-order valence-corrected chi connectivity index (χ1v) is 13.8. The van der Waals surface area contributed by atoms with Gasteiger partial charge in [-0.2, -0.15) is 10.2 Å². The molecule has 1 aromatic heterocycles. The van der Waals surface area contributed by atoms with Gasteiger partial charge < -0.3 is 14.8 Å². The van der Waals surface area contributed by atoms with Crippen LogP contribution in [0.2, 0.25) is 0 Å². The zero-order valence-corrected chi connectivity index (χ0v) is 24.5. The number of methoxy groups -OCH3 is 2. The molecule has 9 nitrogen and oxygen atoms in total. The Labute approximate surface area is 255 Å². The van der Waals surface area contributed by atoms with Gasteiger partial charge in [0.05, 0.1) is 25.6 Å². The lowest BCUT2D eigenvalue weighted by atomic mass is 10.1. The van der Waals surface area contributed by atoms with E-state index in [4.69, 9.17) is 14.6 Å². The van der Waals surface area contributed by atoms with Crippen LogP contribution in [0.5, 0.6) is 11.5 Å². The smallest absolute Gasteiger partial charge is 0.287 e. The van der Waals surface area contributed by atoms with Crippen molar-refractivity contribution in [2.75, 3.05) is 14.2 Å². The minimum atomic E-state index is -0.623. The molecule has 5 rings (SSSR count). The molecule has 2 amide bonds. The number of hydrazone groups is 1. The highest BCUT2D eigenvalue weighted by molar-refractivity contribution is 6.07. The summed E-state index contributed by atoms with van der Waals surface area (Å²) in [5.41, 5.74) is 7.03. The van der Waals surface area contributed by atoms with E-state index in [9.17, 15) is 9.59 Å². The summed E-state index contributed by atoms with van der Waals surface area (Å²) in [7, 11) is 3.12. The van der Waals surface area contributed by atoms with E-state index in [1.807, 2.05) is 72.9 Å². The van der Waals surface area contributed by atoms with Crippen LogP contribution in [0.3, 0.4) is 0 Å². The third-order valence-corrected chi connectivity index (χ3v) is 6.76. The van der Waals surface area contributed by atoms with E-state index in [-0.39, 0.29) is 5.70 Å². The van der Waals surface area contributed by atoms with E-state index >= 15 is 0 Å². The number of aromatic nitrogens is 2. The average Bonchev–Trinajstić information content (AvgIpc) is 3.51. The van der Waals surface area contributed by atoms with Crippen LogP contribution >= 0.6 is 0 Å². The Kier molecular flexibility index (Phi) is 9.26. The zero-order chi connectivity index (χ0) is 30.9. The minimum Gasteiger partial charge on any atom is -0.497 e. The van der Waals surface area contributed by atoms with Gasteiger partial charge in [0, 0.05) is 28.5 Å². The number of nitrogens with zero attached hydrogens (tertiary/aromatic N) is 3. The first kappa shape index (κ1) is 29.5. The van der Waals surface area contributed by atoms with E-state index in [0.717, 1.165) is 11.3 Å². The maximum Gasteiger partial charge on any atom is 0.287 e. The quantitative estimate of drug-likeness (QED) is 0.121. The second-order valence-electron chi connectivity index (χ2n) is 9.66. The van der Waals surface area contributed by atoms with Crippen LogP contribution in [0.25, 0.3) is 23.0 Å². The number of benzene rings is 4. The number of rotatable bonds is 10. The van der Waals surface area contributed by atoms with Crippen molar-refractivity contribution in [3.8, 4) is 28.4 Å². The average molecular weight is 586 g/mol. The SMILES string of the molecule is COc1ccc(OC)c(/C(C)=N/NC(=O)/C(=C/c2cn(-c3ccccc3)nc2-c2ccccc2)NC(=O)c2ccccc2)c1. The first-order valence-electron chi connectivity index (χ1n) is 13.8. The number of amides is 2. The van der Waals surface area contributed by atoms with Crippen molar-refractivity contribution in [1.82, 2.24) is 20.5 Å². The Morgan fingerprint density at radius 3 is 2.16 bits per heavy atom. The molecule has 0 saturated heterocycles. The predicted octanol–water partition coefficient (Wildman–Crippen LogP) is 5.87. The van der Waals surface area contributed by atoms with Gasteiger partial charge in [-0.25, -0.2) is 10.1 Å². The van der Waals surface area contributed by atoms with E-state index in [2.05, 4.69) is 15.8 Å². The summed E-state index contributed by atoms with van der Waals surface area (Å²) >= 11 is 0. The molecule has 0 atom stereocenters. The molecule has 4 aromatic carbocycles. The van der Waals surface area contributed by atoms with Crippen molar-refractivity contribution in [3.05, 3.63) is 138 Å². The van der Waals surface area contributed by atoms with Gasteiger partial charge >= 0.3 is 0 Å². The molecule has 2 N–H and O–H groups in total. The number of ether oxygens (including phenoxy) is 2. The molecule has 0 aliphatic carbocycles. The van der Waals surface area contributed by atoms with E-state index in [1.165, 1.54) is 0 Å². The molecule has 0 fully saturated rings. The van der Waals surface area contributed by atoms with Crippen molar-refractivity contribution in [3.63, 3.8) is 0 Å². The van der Waals surface area contributed by atoms with Gasteiger partial charge in [0.15, 0.2) is 0 Å². The summed E-state index contributed by atoms with van der Waals surface area (Å²) in [6.07, 6.45) is 3.41. The van der Waals surface area contributed by atoms with E-state index in [1.54, 1.807) is 74.4 Å². The lowest BCUT2D eigenvalue weighted by Crippen LogP contribution is -2.33. The Bertz CT molecular complexity index is 1810. The van der Waals surface area contributed by atoms with Gasteiger partial charge in [0.2, 0.25) is 0 Å². The van der Waals surface area contributed by atoms with Gasteiger partial charge in [0.1, 0.15) is 22.9 Å². The minimum absolute atomic E-state index is 0.0159. The van der Waals surface area contributed by atoms with E-state index in [0.29, 0.717) is 39.6 Å². The third-order valence-electron chi connectivity index (χ3n) is 6.76. The number of carbonyl (C=O) groups excluding carboxylic acids is 2. The molecule has 44 heavy (non-hydrogen) atoms. The molecule has 9 heteroatoms. The Hall–Kier alpha value is -5.96. The standard InChI is InChI=1S/C35H31N5O4/c1-24(30-22-29(43-2)19-20-32(30)44-3)37-38-35(42)31(36-34(41)26-15-9-5-10-16-26)21-27-23-40(28-17-11-6-12-18-28)39-33(27)25-13-7-4-8-14-25/h4-23H,1-3H3,(H,36,41)(H,38,42)/b31-21-,37-24+. The molecule has 0 aliphatic heterocycles. The normalized spacial score (nSPS) is 11.5. The molecular formula is C35H31N5O4. The molecule has 0 bridgehead atoms. The van der Waals surface area contributed by atoms with Crippen LogP contribution in [0.1, 0.15) is 28.4 Å². The van der Waals surface area contributed by atoms with Crippen molar-refractivity contribution in [2.45, 2.75) is 6.92 Å². The molecule has 0 spiro atoms. The first-order chi connectivity index (χ1) is 21.5. The number of nitrogens with one attached hydrogen (secondary N) is 2. The molecule has 0 aliphatic rings. The summed E-state index contributed by atoms with van der Waals surface area (Å²) in [6, 6.07) is 33.2. The van der Waals surface area contributed by atoms with Crippen molar-refractivity contribution in [2.24, 2.45) is 5.10 Å². The van der Waals surface area contributed by atoms with Crippen LogP contribution in [0, 0.1) is 0 Å². The van der Waals surface area contributed by atoms with Gasteiger partial charge in [0.25, 0.3) is 11.8 Å². The maximum absolute atomic E-state index is 13.7. The lowest BCUT2D eigenvalue weighted by Gasteiger charge is -2.12. The van der Waals surface area contributed by atoms with Gasteiger partial charge in [-0.05, 0) is 55.5 Å². The fourth-order valence-electron chi connectivity index (χ4n) is 4.48. The molecule has 0 saturated carbocycles. The number of para-hydroxylation sites is 1. The molecule has 220 valence electrons. The van der Waals surface area contributed by atoms with Crippen LogP contribution < -0.4 is 20.2 Å². The van der Waals surface area contributed by atoms with Crippen molar-refractivity contribution in [1.29, 1.82) is 0 Å². The van der Waals surface area contributed by atoms with Crippen LogP contribution in [-0.4, -0.2) is 41.5 Å². The van der Waals surface area contributed by atoms with Crippen LogP contribution in [-0.2, 0) is 4.79 Å². The maximum atomic E-state index is 13.7. The fourth-order valence-corrected chi connectivity index (χ4v) is 4.48. The van der Waals surface area contributed by atoms with Gasteiger partial charge in [-0.15, -0.1) is 0 Å². The topological polar surface area (TPSA) is 107 Å². The molecule has 1 heterocycles. The monoisotopic (exact) mass is 585 g/mol. The molecule has 0 radical (unpaired) electrons. The van der Waals surface area contributed by atoms with E-state index < -0.39 is 11.8 Å². The Morgan fingerprint density at radius 1 is 0.841 bits per heavy atom.